The number of aryl methyl sites for hydroxylation is 3. The van der Waals surface area contributed by atoms with E-state index in [-0.39, 0.29) is 18.9 Å². The molecule has 1 heterocycles. The second-order valence-electron chi connectivity index (χ2n) is 5.96. The number of aliphatic carboxylic acids is 1. The first-order valence-electron chi connectivity index (χ1n) is 7.98. The molecule has 1 aromatic heterocycles. The lowest BCUT2D eigenvalue weighted by Crippen LogP contribution is -2.33. The van der Waals surface area contributed by atoms with E-state index in [1.807, 2.05) is 39.8 Å². The Hall–Kier alpha value is -2.63. The van der Waals surface area contributed by atoms with Crippen molar-refractivity contribution in [3.63, 3.8) is 0 Å². The molecule has 6 heteroatoms. The molecule has 0 unspecified atom stereocenters. The van der Waals surface area contributed by atoms with Crippen LogP contribution in [0.15, 0.2) is 24.3 Å². The number of hydrogen-bond donors (Lipinski definition) is 1. The number of aromatic nitrogens is 2. The van der Waals surface area contributed by atoms with Crippen molar-refractivity contribution in [3.8, 4) is 5.69 Å². The molecule has 0 fully saturated rings. The number of benzene rings is 1. The number of hydrogen-bond acceptors (Lipinski definition) is 3. The lowest BCUT2D eigenvalue weighted by Gasteiger charge is -2.18. The average Bonchev–Trinajstić information content (AvgIpc) is 2.88. The van der Waals surface area contributed by atoms with Crippen LogP contribution in [0.25, 0.3) is 5.69 Å². The number of carbonyl (C=O) groups is 2. The van der Waals surface area contributed by atoms with Gasteiger partial charge < -0.3 is 10.0 Å². The van der Waals surface area contributed by atoms with Crippen molar-refractivity contribution in [2.75, 3.05) is 13.1 Å². The first-order valence-corrected chi connectivity index (χ1v) is 7.98. The molecule has 24 heavy (non-hydrogen) atoms. The van der Waals surface area contributed by atoms with E-state index in [2.05, 4.69) is 11.2 Å². The highest BCUT2D eigenvalue weighted by molar-refractivity contribution is 5.92. The van der Waals surface area contributed by atoms with Gasteiger partial charge in [-0.2, -0.15) is 5.10 Å². The minimum absolute atomic E-state index is 0.0731. The molecule has 0 spiro atoms. The van der Waals surface area contributed by atoms with Gasteiger partial charge in [-0.05, 0) is 57.0 Å². The SMILES string of the molecule is CCN(CCC(=O)O)C(=O)c1cc(C)n(-c2cc(C)cc(C)c2)n1. The quantitative estimate of drug-likeness (QED) is 0.884. The molecule has 0 aliphatic rings. The molecular weight excluding hydrogens is 306 g/mol. The highest BCUT2D eigenvalue weighted by Gasteiger charge is 2.19. The monoisotopic (exact) mass is 329 g/mol. The van der Waals surface area contributed by atoms with E-state index < -0.39 is 5.97 Å². The van der Waals surface area contributed by atoms with Crippen LogP contribution < -0.4 is 0 Å². The van der Waals surface area contributed by atoms with Gasteiger partial charge in [0.15, 0.2) is 5.69 Å². The van der Waals surface area contributed by atoms with Crippen LogP contribution >= 0.6 is 0 Å². The number of carbonyl (C=O) groups excluding carboxylic acids is 1. The summed E-state index contributed by atoms with van der Waals surface area (Å²) in [7, 11) is 0. The zero-order chi connectivity index (χ0) is 17.9. The molecule has 0 bridgehead atoms. The molecular formula is C18H23N3O3. The summed E-state index contributed by atoms with van der Waals surface area (Å²) in [5.41, 5.74) is 4.36. The van der Waals surface area contributed by atoms with Crippen LogP contribution in [0.3, 0.4) is 0 Å². The van der Waals surface area contributed by atoms with E-state index in [0.717, 1.165) is 22.5 Å². The predicted molar refractivity (Wildman–Crippen MR) is 91.6 cm³/mol. The van der Waals surface area contributed by atoms with Crippen LogP contribution in [0.2, 0.25) is 0 Å². The maximum Gasteiger partial charge on any atom is 0.305 e. The summed E-state index contributed by atoms with van der Waals surface area (Å²) in [6.07, 6.45) is -0.0731. The summed E-state index contributed by atoms with van der Waals surface area (Å²) < 4.78 is 1.75. The van der Waals surface area contributed by atoms with Gasteiger partial charge in [-0.1, -0.05) is 6.07 Å². The topological polar surface area (TPSA) is 75.4 Å². The van der Waals surface area contributed by atoms with Crippen LogP contribution in [-0.2, 0) is 4.79 Å². The van der Waals surface area contributed by atoms with Gasteiger partial charge in [0.25, 0.3) is 5.91 Å². The van der Waals surface area contributed by atoms with Gasteiger partial charge in [-0.15, -0.1) is 0 Å². The van der Waals surface area contributed by atoms with E-state index in [1.165, 1.54) is 4.90 Å². The first kappa shape index (κ1) is 17.7. The van der Waals surface area contributed by atoms with Crippen molar-refractivity contribution in [2.45, 2.75) is 34.1 Å². The molecule has 0 radical (unpaired) electrons. The van der Waals surface area contributed by atoms with Gasteiger partial charge in [-0.3, -0.25) is 9.59 Å². The Morgan fingerprint density at radius 2 is 1.75 bits per heavy atom. The van der Waals surface area contributed by atoms with Crippen molar-refractivity contribution in [2.24, 2.45) is 0 Å². The van der Waals surface area contributed by atoms with Gasteiger partial charge in [0, 0.05) is 18.8 Å². The Balaban J connectivity index is 2.30. The summed E-state index contributed by atoms with van der Waals surface area (Å²) in [6.45, 7) is 8.39. The Labute approximate surface area is 141 Å². The summed E-state index contributed by atoms with van der Waals surface area (Å²) in [6, 6.07) is 7.86. The summed E-state index contributed by atoms with van der Waals surface area (Å²) in [4.78, 5) is 24.8. The summed E-state index contributed by atoms with van der Waals surface area (Å²) in [5, 5.41) is 13.2. The fourth-order valence-corrected chi connectivity index (χ4v) is 2.71. The van der Waals surface area contributed by atoms with Crippen molar-refractivity contribution >= 4 is 11.9 Å². The van der Waals surface area contributed by atoms with Gasteiger partial charge in [0.05, 0.1) is 12.1 Å². The van der Waals surface area contributed by atoms with Gasteiger partial charge in [0.2, 0.25) is 0 Å². The van der Waals surface area contributed by atoms with Crippen LogP contribution in [0, 0.1) is 20.8 Å². The zero-order valence-corrected chi connectivity index (χ0v) is 14.5. The molecule has 0 atom stereocenters. The minimum Gasteiger partial charge on any atom is -0.481 e. The average molecular weight is 329 g/mol. The fraction of sp³-hybridized carbons (Fsp3) is 0.389. The standard InChI is InChI=1S/C18H23N3O3/c1-5-20(7-6-17(22)23)18(24)16-11-14(4)21(19-16)15-9-12(2)8-13(3)10-15/h8-11H,5-7H2,1-4H3,(H,22,23). The molecule has 128 valence electrons. The number of carboxylic acid groups (broad SMARTS) is 1. The Kier molecular flexibility index (Phi) is 5.39. The third-order valence-corrected chi connectivity index (χ3v) is 3.82. The van der Waals surface area contributed by atoms with E-state index in [9.17, 15) is 9.59 Å². The zero-order valence-electron chi connectivity index (χ0n) is 14.5. The van der Waals surface area contributed by atoms with Crippen LogP contribution in [0.5, 0.6) is 0 Å². The van der Waals surface area contributed by atoms with Crippen LogP contribution in [0.4, 0.5) is 0 Å². The largest absolute Gasteiger partial charge is 0.481 e. The van der Waals surface area contributed by atoms with Crippen molar-refractivity contribution in [3.05, 3.63) is 46.8 Å². The van der Waals surface area contributed by atoms with Crippen molar-refractivity contribution < 1.29 is 14.7 Å². The maximum absolute atomic E-state index is 12.6. The fourth-order valence-electron chi connectivity index (χ4n) is 2.71. The summed E-state index contributed by atoms with van der Waals surface area (Å²) >= 11 is 0. The third-order valence-electron chi connectivity index (χ3n) is 3.82. The maximum atomic E-state index is 12.6. The van der Waals surface area contributed by atoms with E-state index in [4.69, 9.17) is 5.11 Å². The van der Waals surface area contributed by atoms with Crippen LogP contribution in [-0.4, -0.2) is 44.8 Å². The van der Waals surface area contributed by atoms with Gasteiger partial charge in [-0.25, -0.2) is 4.68 Å². The molecule has 6 nitrogen and oxygen atoms in total. The Morgan fingerprint density at radius 1 is 1.12 bits per heavy atom. The summed E-state index contributed by atoms with van der Waals surface area (Å²) in [5.74, 6) is -1.16. The normalized spacial score (nSPS) is 10.7. The number of rotatable bonds is 6. The first-order chi connectivity index (χ1) is 11.3. The van der Waals surface area contributed by atoms with Crippen LogP contribution in [0.1, 0.15) is 40.7 Å². The predicted octanol–water partition coefficient (Wildman–Crippen LogP) is 2.73. The second kappa shape index (κ2) is 7.29. The van der Waals surface area contributed by atoms with Crippen molar-refractivity contribution in [1.29, 1.82) is 0 Å². The molecule has 1 N–H and O–H groups in total. The Morgan fingerprint density at radius 3 is 2.29 bits per heavy atom. The van der Waals surface area contributed by atoms with Gasteiger partial charge >= 0.3 is 5.97 Å². The molecule has 1 aromatic carbocycles. The molecule has 0 saturated carbocycles. The molecule has 0 aliphatic heterocycles. The lowest BCUT2D eigenvalue weighted by molar-refractivity contribution is -0.137. The molecule has 2 rings (SSSR count). The van der Waals surface area contributed by atoms with Crippen molar-refractivity contribution in [1.82, 2.24) is 14.7 Å². The highest BCUT2D eigenvalue weighted by atomic mass is 16.4. The lowest BCUT2D eigenvalue weighted by atomic mass is 10.1. The minimum atomic E-state index is -0.918. The molecule has 0 aliphatic carbocycles. The van der Waals surface area contributed by atoms with E-state index in [0.29, 0.717) is 12.2 Å². The molecule has 1 amide bonds. The number of nitrogens with zero attached hydrogens (tertiary/aromatic N) is 3. The highest BCUT2D eigenvalue weighted by Crippen LogP contribution is 2.17. The second-order valence-corrected chi connectivity index (χ2v) is 5.96. The molecule has 0 saturated heterocycles. The Bertz CT molecular complexity index is 745. The van der Waals surface area contributed by atoms with E-state index >= 15 is 0 Å². The van der Waals surface area contributed by atoms with Gasteiger partial charge in [0.1, 0.15) is 0 Å². The number of carboxylic acids is 1. The number of amides is 1. The smallest absolute Gasteiger partial charge is 0.305 e. The van der Waals surface area contributed by atoms with E-state index in [1.54, 1.807) is 10.7 Å². The molecule has 2 aromatic rings. The third kappa shape index (κ3) is 4.01.